The summed E-state index contributed by atoms with van der Waals surface area (Å²) in [5.41, 5.74) is 6.83. The van der Waals surface area contributed by atoms with Gasteiger partial charge >= 0.3 is 0 Å². The maximum atomic E-state index is 5.88. The van der Waals surface area contributed by atoms with Crippen LogP contribution in [0.2, 0.25) is 0 Å². The molecule has 1 aromatic heterocycles. The lowest BCUT2D eigenvalue weighted by Crippen LogP contribution is -2.29. The predicted octanol–water partition coefficient (Wildman–Crippen LogP) is 3.53. The molecule has 0 aliphatic heterocycles. The molecule has 3 heteroatoms. The van der Waals surface area contributed by atoms with Crippen molar-refractivity contribution in [2.45, 2.75) is 57.5 Å². The molecule has 1 aliphatic carbocycles. The van der Waals surface area contributed by atoms with Crippen molar-refractivity contribution in [1.29, 1.82) is 0 Å². The van der Waals surface area contributed by atoms with Gasteiger partial charge in [0.25, 0.3) is 0 Å². The Hall–Kier alpha value is -0.540. The zero-order valence-corrected chi connectivity index (χ0v) is 10.7. The highest BCUT2D eigenvalue weighted by Gasteiger charge is 2.11. The highest BCUT2D eigenvalue weighted by molar-refractivity contribution is 7.10. The van der Waals surface area contributed by atoms with Crippen LogP contribution in [0, 0.1) is 0 Å². The summed E-state index contributed by atoms with van der Waals surface area (Å²) in [6.07, 6.45) is 9.72. The van der Waals surface area contributed by atoms with Crippen LogP contribution in [-0.4, -0.2) is 6.04 Å². The van der Waals surface area contributed by atoms with Crippen molar-refractivity contribution >= 4 is 17.0 Å². The standard InChI is InChI=1S/C13H22N2S/c14-12-8-9-16-13(12)10-15-11-6-4-2-1-3-5-7-11/h8-9,11,15H,1-7,10,14H2. The van der Waals surface area contributed by atoms with Crippen molar-refractivity contribution in [3.8, 4) is 0 Å². The Morgan fingerprint density at radius 2 is 1.88 bits per heavy atom. The molecule has 0 atom stereocenters. The van der Waals surface area contributed by atoms with Crippen molar-refractivity contribution in [2.75, 3.05) is 5.73 Å². The van der Waals surface area contributed by atoms with Gasteiger partial charge in [0.15, 0.2) is 0 Å². The summed E-state index contributed by atoms with van der Waals surface area (Å²) in [6, 6.07) is 2.71. The molecule has 0 saturated heterocycles. The number of hydrogen-bond donors (Lipinski definition) is 2. The largest absolute Gasteiger partial charge is 0.398 e. The molecule has 1 aromatic rings. The van der Waals surface area contributed by atoms with Crippen molar-refractivity contribution < 1.29 is 0 Å². The van der Waals surface area contributed by atoms with E-state index in [0.29, 0.717) is 6.04 Å². The van der Waals surface area contributed by atoms with Crippen molar-refractivity contribution in [3.05, 3.63) is 16.3 Å². The fourth-order valence-corrected chi connectivity index (χ4v) is 3.14. The molecule has 0 amide bonds. The molecule has 0 unspecified atom stereocenters. The Morgan fingerprint density at radius 3 is 2.50 bits per heavy atom. The molecule has 16 heavy (non-hydrogen) atoms. The van der Waals surface area contributed by atoms with Crippen LogP contribution in [0.4, 0.5) is 5.69 Å². The van der Waals surface area contributed by atoms with E-state index in [9.17, 15) is 0 Å². The van der Waals surface area contributed by atoms with Crippen LogP contribution in [0.1, 0.15) is 49.8 Å². The number of nitrogen functional groups attached to an aromatic ring is 1. The van der Waals surface area contributed by atoms with Gasteiger partial charge in [-0.3, -0.25) is 0 Å². The second-order valence-electron chi connectivity index (χ2n) is 4.72. The van der Waals surface area contributed by atoms with E-state index < -0.39 is 0 Å². The van der Waals surface area contributed by atoms with E-state index in [-0.39, 0.29) is 0 Å². The maximum absolute atomic E-state index is 5.88. The first-order chi connectivity index (χ1) is 7.86. The topological polar surface area (TPSA) is 38.0 Å². The van der Waals surface area contributed by atoms with Crippen LogP contribution in [0.3, 0.4) is 0 Å². The molecular formula is C13H22N2S. The number of rotatable bonds is 3. The van der Waals surface area contributed by atoms with E-state index in [2.05, 4.69) is 10.7 Å². The lowest BCUT2D eigenvalue weighted by atomic mass is 9.97. The minimum absolute atomic E-state index is 0.710. The molecule has 2 rings (SSSR count). The van der Waals surface area contributed by atoms with Gasteiger partial charge in [-0.1, -0.05) is 32.1 Å². The van der Waals surface area contributed by atoms with Crippen LogP contribution in [0.15, 0.2) is 11.4 Å². The summed E-state index contributed by atoms with van der Waals surface area (Å²) >= 11 is 1.76. The van der Waals surface area contributed by atoms with E-state index in [4.69, 9.17) is 5.73 Å². The SMILES string of the molecule is Nc1ccsc1CNC1CCCCCCC1. The van der Waals surface area contributed by atoms with Crippen LogP contribution in [0.25, 0.3) is 0 Å². The molecule has 1 saturated carbocycles. The molecule has 3 N–H and O–H groups in total. The number of anilines is 1. The van der Waals surface area contributed by atoms with E-state index >= 15 is 0 Å². The van der Waals surface area contributed by atoms with Crippen molar-refractivity contribution in [3.63, 3.8) is 0 Å². The monoisotopic (exact) mass is 238 g/mol. The highest BCUT2D eigenvalue weighted by Crippen LogP contribution is 2.21. The van der Waals surface area contributed by atoms with E-state index in [1.54, 1.807) is 11.3 Å². The third-order valence-electron chi connectivity index (χ3n) is 3.44. The first-order valence-electron chi connectivity index (χ1n) is 6.41. The van der Waals surface area contributed by atoms with Crippen LogP contribution in [0.5, 0.6) is 0 Å². The zero-order valence-electron chi connectivity index (χ0n) is 9.87. The predicted molar refractivity (Wildman–Crippen MR) is 71.7 cm³/mol. The van der Waals surface area contributed by atoms with Gasteiger partial charge in [-0.25, -0.2) is 0 Å². The summed E-state index contributed by atoms with van der Waals surface area (Å²) in [7, 11) is 0. The van der Waals surface area contributed by atoms with E-state index in [1.165, 1.54) is 49.8 Å². The van der Waals surface area contributed by atoms with Gasteiger partial charge in [-0.15, -0.1) is 11.3 Å². The van der Waals surface area contributed by atoms with Gasteiger partial charge in [0.05, 0.1) is 0 Å². The van der Waals surface area contributed by atoms with Gasteiger partial charge in [-0.2, -0.15) is 0 Å². The van der Waals surface area contributed by atoms with Crippen LogP contribution >= 0.6 is 11.3 Å². The van der Waals surface area contributed by atoms with Crippen LogP contribution in [-0.2, 0) is 6.54 Å². The normalized spacial score (nSPS) is 19.2. The summed E-state index contributed by atoms with van der Waals surface area (Å²) in [6.45, 7) is 0.953. The third-order valence-corrected chi connectivity index (χ3v) is 4.37. The minimum Gasteiger partial charge on any atom is -0.398 e. The van der Waals surface area contributed by atoms with E-state index in [0.717, 1.165) is 12.2 Å². The second-order valence-corrected chi connectivity index (χ2v) is 5.72. The molecule has 1 aliphatic rings. The number of nitrogens with two attached hydrogens (primary N) is 1. The van der Waals surface area contributed by atoms with Crippen LogP contribution < -0.4 is 11.1 Å². The molecule has 0 bridgehead atoms. The number of hydrogen-bond acceptors (Lipinski definition) is 3. The third kappa shape index (κ3) is 3.49. The first kappa shape index (κ1) is 11.9. The average Bonchev–Trinajstić information content (AvgIpc) is 2.63. The number of thiophene rings is 1. The summed E-state index contributed by atoms with van der Waals surface area (Å²) in [4.78, 5) is 1.29. The summed E-state index contributed by atoms with van der Waals surface area (Å²) in [5, 5.41) is 5.74. The van der Waals surface area contributed by atoms with Gasteiger partial charge in [0.1, 0.15) is 0 Å². The minimum atomic E-state index is 0.710. The summed E-state index contributed by atoms with van der Waals surface area (Å²) < 4.78 is 0. The van der Waals surface area contributed by atoms with Crippen molar-refractivity contribution in [1.82, 2.24) is 5.32 Å². The molecule has 1 heterocycles. The Kier molecular flexibility index (Phi) is 4.67. The summed E-state index contributed by atoms with van der Waals surface area (Å²) in [5.74, 6) is 0. The van der Waals surface area contributed by atoms with Crippen molar-refractivity contribution in [2.24, 2.45) is 0 Å². The molecule has 90 valence electrons. The highest BCUT2D eigenvalue weighted by atomic mass is 32.1. The average molecular weight is 238 g/mol. The second kappa shape index (κ2) is 6.26. The molecule has 0 radical (unpaired) electrons. The maximum Gasteiger partial charge on any atom is 0.0468 e. The fourth-order valence-electron chi connectivity index (χ4n) is 2.39. The van der Waals surface area contributed by atoms with E-state index in [1.807, 2.05) is 6.07 Å². The van der Waals surface area contributed by atoms with Gasteiger partial charge in [-0.05, 0) is 24.3 Å². The molecule has 0 spiro atoms. The van der Waals surface area contributed by atoms with Gasteiger partial charge in [0, 0.05) is 23.2 Å². The lowest BCUT2D eigenvalue weighted by Gasteiger charge is -2.20. The van der Waals surface area contributed by atoms with Gasteiger partial charge in [0.2, 0.25) is 0 Å². The van der Waals surface area contributed by atoms with Gasteiger partial charge < -0.3 is 11.1 Å². The Balaban J connectivity index is 1.77. The quantitative estimate of drug-likeness (QED) is 0.845. The number of nitrogens with one attached hydrogen (secondary N) is 1. The Labute approximate surface area is 102 Å². The lowest BCUT2D eigenvalue weighted by molar-refractivity contribution is 0.390. The zero-order chi connectivity index (χ0) is 11.2. The molecule has 1 fully saturated rings. The smallest absolute Gasteiger partial charge is 0.0468 e. The Morgan fingerprint density at radius 1 is 1.19 bits per heavy atom. The molecule has 2 nitrogen and oxygen atoms in total. The fraction of sp³-hybridized carbons (Fsp3) is 0.692. The Bertz CT molecular complexity index is 301. The molecule has 0 aromatic carbocycles. The first-order valence-corrected chi connectivity index (χ1v) is 7.29. The molecular weight excluding hydrogens is 216 g/mol.